The Bertz CT molecular complexity index is 411. The summed E-state index contributed by atoms with van der Waals surface area (Å²) in [6.07, 6.45) is 10.4. The Hall–Kier alpha value is -1.14. The molecule has 2 aliphatic rings. The van der Waals surface area contributed by atoms with Gasteiger partial charge in [0.25, 0.3) is 5.91 Å². The second kappa shape index (κ2) is 11.5. The van der Waals surface area contributed by atoms with Gasteiger partial charge in [-0.05, 0) is 38.1 Å². The fourth-order valence-electron chi connectivity index (χ4n) is 3.75. The van der Waals surface area contributed by atoms with Gasteiger partial charge in [0.05, 0.1) is 13.2 Å². The predicted octanol–water partition coefficient (Wildman–Crippen LogP) is 1.82. The van der Waals surface area contributed by atoms with Crippen LogP contribution in [0.3, 0.4) is 0 Å². The van der Waals surface area contributed by atoms with E-state index in [1.165, 1.54) is 32.1 Å². The van der Waals surface area contributed by atoms with Gasteiger partial charge < -0.3 is 20.7 Å². The van der Waals surface area contributed by atoms with E-state index in [4.69, 9.17) is 10.5 Å². The molecule has 1 unspecified atom stereocenters. The number of unbranched alkanes of at least 4 members (excludes halogenated alkanes) is 3. The molecular formula is C19H35N3O3. The van der Waals surface area contributed by atoms with Gasteiger partial charge in [-0.3, -0.25) is 9.59 Å². The number of morpholine rings is 1. The lowest BCUT2D eigenvalue weighted by Gasteiger charge is -2.33. The maximum atomic E-state index is 12.5. The summed E-state index contributed by atoms with van der Waals surface area (Å²) < 4.78 is 5.58. The van der Waals surface area contributed by atoms with E-state index in [1.807, 2.05) is 4.90 Å². The van der Waals surface area contributed by atoms with Crippen molar-refractivity contribution in [1.29, 1.82) is 0 Å². The molecule has 0 bridgehead atoms. The minimum Gasteiger partial charge on any atom is -0.365 e. The lowest BCUT2D eigenvalue weighted by Crippen LogP contribution is -2.52. The van der Waals surface area contributed by atoms with E-state index in [1.54, 1.807) is 0 Å². The quantitative estimate of drug-likeness (QED) is 0.619. The SMILES string of the molecule is NCCCCCCNC(=O)C1CN(C(=O)CC2CCCCC2)CCO1. The highest BCUT2D eigenvalue weighted by atomic mass is 16.5. The lowest BCUT2D eigenvalue weighted by atomic mass is 9.86. The van der Waals surface area contributed by atoms with Crippen LogP contribution in [0.15, 0.2) is 0 Å². The fraction of sp³-hybridized carbons (Fsp3) is 0.895. The van der Waals surface area contributed by atoms with Gasteiger partial charge in [-0.25, -0.2) is 0 Å². The van der Waals surface area contributed by atoms with Gasteiger partial charge in [-0.15, -0.1) is 0 Å². The minimum atomic E-state index is -0.520. The zero-order valence-corrected chi connectivity index (χ0v) is 15.5. The summed E-state index contributed by atoms with van der Waals surface area (Å²) in [7, 11) is 0. The number of nitrogens with zero attached hydrogens (tertiary/aromatic N) is 1. The van der Waals surface area contributed by atoms with Crippen molar-refractivity contribution in [1.82, 2.24) is 10.2 Å². The van der Waals surface area contributed by atoms with Gasteiger partial charge >= 0.3 is 0 Å². The van der Waals surface area contributed by atoms with Crippen molar-refractivity contribution in [2.75, 3.05) is 32.8 Å². The first-order chi connectivity index (χ1) is 12.2. The average Bonchev–Trinajstić information content (AvgIpc) is 2.65. The van der Waals surface area contributed by atoms with Gasteiger partial charge in [0.15, 0.2) is 6.10 Å². The second-order valence-electron chi connectivity index (χ2n) is 7.40. The summed E-state index contributed by atoms with van der Waals surface area (Å²) in [6.45, 7) is 2.84. The molecule has 0 radical (unpaired) electrons. The minimum absolute atomic E-state index is 0.0889. The molecule has 25 heavy (non-hydrogen) atoms. The van der Waals surface area contributed by atoms with Crippen LogP contribution < -0.4 is 11.1 Å². The van der Waals surface area contributed by atoms with Gasteiger partial charge in [0.2, 0.25) is 5.91 Å². The van der Waals surface area contributed by atoms with E-state index >= 15 is 0 Å². The van der Waals surface area contributed by atoms with Crippen LogP contribution in [-0.2, 0) is 14.3 Å². The monoisotopic (exact) mass is 353 g/mol. The van der Waals surface area contributed by atoms with Gasteiger partial charge in [0.1, 0.15) is 0 Å². The fourth-order valence-corrected chi connectivity index (χ4v) is 3.75. The predicted molar refractivity (Wildman–Crippen MR) is 98.0 cm³/mol. The van der Waals surface area contributed by atoms with E-state index in [0.29, 0.717) is 38.6 Å². The molecule has 1 heterocycles. The molecule has 0 aromatic rings. The first-order valence-corrected chi connectivity index (χ1v) is 10.1. The molecule has 0 aromatic heterocycles. The zero-order chi connectivity index (χ0) is 17.9. The molecule has 2 amide bonds. The Morgan fingerprint density at radius 1 is 1.08 bits per heavy atom. The average molecular weight is 354 g/mol. The van der Waals surface area contributed by atoms with Crippen LogP contribution in [0.2, 0.25) is 0 Å². The largest absolute Gasteiger partial charge is 0.365 e. The molecule has 2 fully saturated rings. The number of carbonyl (C=O) groups excluding carboxylic acids is 2. The van der Waals surface area contributed by atoms with Crippen LogP contribution in [0.5, 0.6) is 0 Å². The molecule has 1 saturated heterocycles. The van der Waals surface area contributed by atoms with Crippen molar-refractivity contribution >= 4 is 11.8 Å². The Labute approximate surface area is 151 Å². The number of amides is 2. The molecule has 1 aliphatic heterocycles. The third kappa shape index (κ3) is 7.32. The van der Waals surface area contributed by atoms with E-state index < -0.39 is 6.10 Å². The molecule has 0 spiro atoms. The number of ether oxygens (including phenoxy) is 1. The first kappa shape index (κ1) is 20.2. The van der Waals surface area contributed by atoms with Crippen LogP contribution in [0.1, 0.15) is 64.2 Å². The summed E-state index contributed by atoms with van der Waals surface area (Å²) in [5.74, 6) is 0.633. The van der Waals surface area contributed by atoms with Crippen molar-refractivity contribution in [2.45, 2.75) is 70.3 Å². The third-order valence-electron chi connectivity index (χ3n) is 5.33. The number of hydrogen-bond acceptors (Lipinski definition) is 4. The highest BCUT2D eigenvalue weighted by Crippen LogP contribution is 2.27. The third-order valence-corrected chi connectivity index (χ3v) is 5.33. The van der Waals surface area contributed by atoms with Gasteiger partial charge in [0, 0.05) is 19.5 Å². The summed E-state index contributed by atoms with van der Waals surface area (Å²) >= 11 is 0. The summed E-state index contributed by atoms with van der Waals surface area (Å²) in [5.41, 5.74) is 5.47. The van der Waals surface area contributed by atoms with Crippen LogP contribution in [0, 0.1) is 5.92 Å². The maximum Gasteiger partial charge on any atom is 0.250 e. The van der Waals surface area contributed by atoms with Gasteiger partial charge in [-0.2, -0.15) is 0 Å². The smallest absolute Gasteiger partial charge is 0.250 e. The lowest BCUT2D eigenvalue weighted by molar-refractivity contribution is -0.147. The molecule has 144 valence electrons. The van der Waals surface area contributed by atoms with E-state index in [-0.39, 0.29) is 11.8 Å². The summed E-state index contributed by atoms with van der Waals surface area (Å²) in [6, 6.07) is 0. The van der Waals surface area contributed by atoms with Crippen molar-refractivity contribution in [3.63, 3.8) is 0 Å². The molecule has 6 heteroatoms. The molecule has 1 saturated carbocycles. The number of rotatable bonds is 9. The number of nitrogens with two attached hydrogens (primary N) is 1. The Morgan fingerprint density at radius 3 is 2.60 bits per heavy atom. The molecule has 2 rings (SSSR count). The summed E-state index contributed by atoms with van der Waals surface area (Å²) in [5, 5.41) is 2.94. The second-order valence-corrected chi connectivity index (χ2v) is 7.40. The van der Waals surface area contributed by atoms with E-state index in [9.17, 15) is 9.59 Å². The first-order valence-electron chi connectivity index (χ1n) is 10.1. The topological polar surface area (TPSA) is 84.7 Å². The standard InChI is InChI=1S/C19H35N3O3/c20-10-6-1-2-7-11-21-19(24)17-15-22(12-13-25-17)18(23)14-16-8-4-3-5-9-16/h16-17H,1-15,20H2,(H,21,24). The number of nitrogens with one attached hydrogen (secondary N) is 1. The Balaban J connectivity index is 1.66. The number of hydrogen-bond donors (Lipinski definition) is 2. The van der Waals surface area contributed by atoms with Crippen LogP contribution in [0.4, 0.5) is 0 Å². The Kier molecular flexibility index (Phi) is 9.26. The van der Waals surface area contributed by atoms with Crippen LogP contribution in [0.25, 0.3) is 0 Å². The van der Waals surface area contributed by atoms with Crippen LogP contribution >= 0.6 is 0 Å². The van der Waals surface area contributed by atoms with Crippen molar-refractivity contribution in [3.8, 4) is 0 Å². The molecular weight excluding hydrogens is 318 g/mol. The van der Waals surface area contributed by atoms with E-state index in [2.05, 4.69) is 5.32 Å². The highest BCUT2D eigenvalue weighted by molar-refractivity contribution is 5.83. The summed E-state index contributed by atoms with van der Waals surface area (Å²) in [4.78, 5) is 26.6. The van der Waals surface area contributed by atoms with E-state index in [0.717, 1.165) is 32.2 Å². The molecule has 0 aromatic carbocycles. The van der Waals surface area contributed by atoms with Crippen molar-refractivity contribution in [2.24, 2.45) is 11.7 Å². The molecule has 1 aliphatic carbocycles. The maximum absolute atomic E-state index is 12.5. The highest BCUT2D eigenvalue weighted by Gasteiger charge is 2.30. The van der Waals surface area contributed by atoms with Crippen molar-refractivity contribution in [3.05, 3.63) is 0 Å². The molecule has 3 N–H and O–H groups in total. The molecule has 1 atom stereocenters. The van der Waals surface area contributed by atoms with Crippen molar-refractivity contribution < 1.29 is 14.3 Å². The van der Waals surface area contributed by atoms with Gasteiger partial charge in [-0.1, -0.05) is 32.1 Å². The zero-order valence-electron chi connectivity index (χ0n) is 15.5. The Morgan fingerprint density at radius 2 is 1.84 bits per heavy atom. The molecule has 6 nitrogen and oxygen atoms in total. The number of carbonyl (C=O) groups is 2. The van der Waals surface area contributed by atoms with Crippen LogP contribution in [-0.4, -0.2) is 55.6 Å². The normalized spacial score (nSPS) is 22.0.